The van der Waals surface area contributed by atoms with Crippen LogP contribution >= 0.6 is 34.0 Å². The first-order valence-electron chi connectivity index (χ1n) is 37.2. The number of aliphatic hydroxyl groups is 3. The highest BCUT2D eigenvalue weighted by atomic mass is 32.1. The van der Waals surface area contributed by atoms with Crippen molar-refractivity contribution in [1.29, 1.82) is 0 Å². The van der Waals surface area contributed by atoms with E-state index in [0.29, 0.717) is 140 Å². The lowest BCUT2D eigenvalue weighted by molar-refractivity contribution is -0.134. The molecule has 0 spiro atoms. The van der Waals surface area contributed by atoms with E-state index in [1.807, 2.05) is 77.9 Å². The van der Waals surface area contributed by atoms with Crippen LogP contribution in [0.2, 0.25) is 0 Å². The Kier molecular flexibility index (Phi) is 22.2. The lowest BCUT2D eigenvalue weighted by Crippen LogP contribution is -2.29. The molecule has 6 aliphatic rings. The molecule has 3 fully saturated rings. The summed E-state index contributed by atoms with van der Waals surface area (Å²) in [4.78, 5) is 109. The number of ether oxygens (including phenoxy) is 9. The number of rotatable bonds is 12. The van der Waals surface area contributed by atoms with Crippen LogP contribution in [0.4, 0.5) is 15.4 Å². The lowest BCUT2D eigenvalue weighted by atomic mass is 9.95. The second-order valence-electron chi connectivity index (χ2n) is 28.2. The Labute approximate surface area is 687 Å². The van der Waals surface area contributed by atoms with Crippen LogP contribution in [0, 0.1) is 41.5 Å². The molecular weight excluding hydrogens is 1570 g/mol. The maximum Gasteiger partial charge on any atom is 0.301 e. The van der Waals surface area contributed by atoms with Gasteiger partial charge in [-0.25, -0.2) is 15.0 Å². The molecule has 3 unspecified atom stereocenters. The number of methoxy groups -OCH3 is 3. The molecule has 6 aliphatic heterocycles. The van der Waals surface area contributed by atoms with Crippen molar-refractivity contribution in [2.75, 3.05) is 75.7 Å². The standard InChI is InChI=1S/3C29H24N2O6S.C2H4O2/c3*1-15-11-16(2)24-22(12-15)38-29(30-24)31-25(17-5-4-6-19(13-17)35-3)23(27(33)28(31)34)26(32)18-7-8-20-21(14-18)37-10-9-36-20;1-2(3)4/h3*4-8,11-14,25,32H,9-10H2,1-3H3;1H3,(H,3,4)/b3*26-23+;. The number of benzene rings is 9. The van der Waals surface area contributed by atoms with E-state index in [9.17, 15) is 44.1 Å². The lowest BCUT2D eigenvalue weighted by Gasteiger charge is -2.23. The minimum Gasteiger partial charge on any atom is -0.507 e. The number of amides is 3. The summed E-state index contributed by atoms with van der Waals surface area (Å²) in [5, 5.41) is 43.0. The van der Waals surface area contributed by atoms with Crippen molar-refractivity contribution in [3.05, 3.63) is 247 Å². The van der Waals surface area contributed by atoms with E-state index < -0.39 is 59.2 Å². The van der Waals surface area contributed by atoms with Crippen molar-refractivity contribution >= 4 is 138 Å². The number of carbonyl (C=O) groups is 7. The number of aliphatic carboxylic acids is 1. The molecule has 118 heavy (non-hydrogen) atoms. The molecule has 4 N–H and O–H groups in total. The van der Waals surface area contributed by atoms with Crippen LogP contribution in [-0.4, -0.2) is 137 Å². The van der Waals surface area contributed by atoms with Gasteiger partial charge in [0.1, 0.15) is 74.2 Å². The minimum atomic E-state index is -0.916. The van der Waals surface area contributed by atoms with Gasteiger partial charge in [-0.15, -0.1) is 0 Å². The number of hydrogen-bond donors (Lipinski definition) is 4. The predicted octanol–water partition coefficient (Wildman–Crippen LogP) is 16.0. The fourth-order valence-electron chi connectivity index (χ4n) is 14.9. The van der Waals surface area contributed by atoms with E-state index in [4.69, 9.17) is 67.5 Å². The molecule has 26 nitrogen and oxygen atoms in total. The topological polar surface area (TPSA) is 332 Å². The monoisotopic (exact) mass is 1640 g/mol. The van der Waals surface area contributed by atoms with Gasteiger partial charge in [-0.05, 0) is 201 Å². The maximum absolute atomic E-state index is 13.6. The number of nitrogens with zero attached hydrogens (tertiary/aromatic N) is 6. The van der Waals surface area contributed by atoms with Gasteiger partial charge in [0.05, 0.1) is 86.8 Å². The minimum absolute atomic E-state index is 0.0351. The quantitative estimate of drug-likeness (QED) is 0.0501. The molecule has 0 radical (unpaired) electrons. The van der Waals surface area contributed by atoms with E-state index in [2.05, 4.69) is 0 Å². The van der Waals surface area contributed by atoms with E-state index in [-0.39, 0.29) is 34.0 Å². The van der Waals surface area contributed by atoms with E-state index in [0.717, 1.165) is 71.0 Å². The molecule has 600 valence electrons. The molecule has 9 aromatic carbocycles. The van der Waals surface area contributed by atoms with Gasteiger partial charge in [0.2, 0.25) is 0 Å². The number of Topliss-reactive ketones (excluding diaryl/α,β-unsaturated/α-hetero) is 3. The number of carboxylic acids is 1. The van der Waals surface area contributed by atoms with Crippen molar-refractivity contribution in [2.45, 2.75) is 66.6 Å². The third kappa shape index (κ3) is 15.3. The van der Waals surface area contributed by atoms with E-state index in [1.54, 1.807) is 149 Å². The van der Waals surface area contributed by atoms with Gasteiger partial charge in [-0.2, -0.15) is 0 Å². The SMILES string of the molecule is CC(=O)O.COc1cccc(C2/C(=C(\O)c3ccc4c(c3)OCCO4)C(=O)C(=O)N2c2nc3c(C)cc(C)cc3s2)c1.COc1cccc(C2/C(=C(\O)c3ccc4c(c3)OCCO4)C(=O)C(=O)N2c2nc3c(C)cc(C)cc3s2)c1.COc1cccc(C2/C(=C(\O)c3ccc4c(c3)OCCO4)C(=O)C(=O)N2c2nc3c(C)cc(C)cc3s2)c1. The molecule has 0 bridgehead atoms. The highest BCUT2D eigenvalue weighted by Crippen LogP contribution is 2.51. The second kappa shape index (κ2) is 32.9. The number of aromatic nitrogens is 3. The molecule has 3 atom stereocenters. The number of anilines is 3. The summed E-state index contributed by atoms with van der Waals surface area (Å²) in [7, 11) is 4.64. The number of aryl methyl sites for hydroxylation is 6. The first kappa shape index (κ1) is 79.6. The van der Waals surface area contributed by atoms with Gasteiger partial charge in [0.15, 0.2) is 49.9 Å². The van der Waals surface area contributed by atoms with Crippen molar-refractivity contribution in [2.24, 2.45) is 0 Å². The van der Waals surface area contributed by atoms with Crippen molar-refractivity contribution < 1.29 is 96.6 Å². The molecule has 29 heteroatoms. The normalized spacial score (nSPS) is 17.9. The van der Waals surface area contributed by atoms with Gasteiger partial charge < -0.3 is 63.1 Å². The van der Waals surface area contributed by atoms with Crippen molar-refractivity contribution in [3.63, 3.8) is 0 Å². The molecule has 0 aliphatic carbocycles. The zero-order chi connectivity index (χ0) is 83.2. The Morgan fingerprint density at radius 2 is 0.619 bits per heavy atom. The molecule has 18 rings (SSSR count). The summed E-state index contributed by atoms with van der Waals surface area (Å²) in [5.74, 6) is -1.68. The van der Waals surface area contributed by atoms with Crippen LogP contribution in [0.5, 0.6) is 51.7 Å². The summed E-state index contributed by atoms with van der Waals surface area (Å²) in [6, 6.07) is 45.5. The predicted molar refractivity (Wildman–Crippen MR) is 446 cm³/mol. The number of thiazole rings is 3. The first-order chi connectivity index (χ1) is 56.8. The fraction of sp³-hybridized carbons (Fsp3) is 0.213. The van der Waals surface area contributed by atoms with Gasteiger partial charge >= 0.3 is 17.7 Å². The summed E-state index contributed by atoms with van der Waals surface area (Å²) in [5.41, 5.74) is 11.2. The summed E-state index contributed by atoms with van der Waals surface area (Å²) in [6.07, 6.45) is 0. The summed E-state index contributed by atoms with van der Waals surface area (Å²) >= 11 is 4.00. The van der Waals surface area contributed by atoms with Gasteiger partial charge in [0, 0.05) is 23.6 Å². The van der Waals surface area contributed by atoms with Crippen LogP contribution in [0.25, 0.3) is 47.9 Å². The second-order valence-corrected chi connectivity index (χ2v) is 31.2. The average Bonchev–Trinajstić information content (AvgIpc) is 1.59. The third-order valence-corrected chi connectivity index (χ3v) is 23.1. The van der Waals surface area contributed by atoms with Gasteiger partial charge in [0.25, 0.3) is 23.3 Å². The summed E-state index contributed by atoms with van der Waals surface area (Å²) in [6.45, 7) is 15.4. The molecule has 3 saturated heterocycles. The Morgan fingerprint density at radius 1 is 0.364 bits per heavy atom. The van der Waals surface area contributed by atoms with Crippen LogP contribution in [0.3, 0.4) is 0 Å². The zero-order valence-corrected chi connectivity index (χ0v) is 67.7. The number of carboxylic acid groups (broad SMARTS) is 1. The number of fused-ring (bicyclic) bond motifs is 6. The molecular formula is C89H76N6O20S3. The van der Waals surface area contributed by atoms with E-state index >= 15 is 0 Å². The Bertz CT molecular complexity index is 5670. The summed E-state index contributed by atoms with van der Waals surface area (Å²) < 4.78 is 52.7. The molecule has 12 aromatic rings. The highest BCUT2D eigenvalue weighted by Gasteiger charge is 2.52. The first-order valence-corrected chi connectivity index (χ1v) is 39.6. The van der Waals surface area contributed by atoms with Crippen LogP contribution < -0.4 is 57.3 Å². The van der Waals surface area contributed by atoms with Gasteiger partial charge in [-0.3, -0.25) is 48.3 Å². The number of aliphatic hydroxyl groups excluding tert-OH is 3. The Morgan fingerprint density at radius 3 is 0.873 bits per heavy atom. The van der Waals surface area contributed by atoms with E-state index in [1.165, 1.54) is 48.7 Å². The zero-order valence-electron chi connectivity index (χ0n) is 65.3. The molecule has 9 heterocycles. The fourth-order valence-corrected chi connectivity index (χ4v) is 18.4. The Balaban J connectivity index is 0.000000135. The molecule has 3 amide bonds. The highest BCUT2D eigenvalue weighted by molar-refractivity contribution is 7.23. The van der Waals surface area contributed by atoms with Crippen LogP contribution in [-0.2, 0) is 33.6 Å². The molecule has 0 saturated carbocycles. The number of hydrogen-bond acceptors (Lipinski definition) is 25. The van der Waals surface area contributed by atoms with Gasteiger partial charge in [-0.1, -0.05) is 88.6 Å². The molecule has 3 aromatic heterocycles. The Hall–Kier alpha value is -13.6. The average molecular weight is 1650 g/mol. The van der Waals surface area contributed by atoms with Crippen molar-refractivity contribution in [1.82, 2.24) is 15.0 Å². The maximum atomic E-state index is 13.6. The van der Waals surface area contributed by atoms with Crippen LogP contribution in [0.1, 0.15) is 91.8 Å². The smallest absolute Gasteiger partial charge is 0.301 e. The van der Waals surface area contributed by atoms with Crippen molar-refractivity contribution in [3.8, 4) is 51.7 Å². The largest absolute Gasteiger partial charge is 0.507 e. The third-order valence-electron chi connectivity index (χ3n) is 20.1. The van der Waals surface area contributed by atoms with Crippen LogP contribution in [0.15, 0.2) is 181 Å². The number of ketones is 3. The number of carbonyl (C=O) groups excluding carboxylic acids is 6.